The third kappa shape index (κ3) is 5.93. The Morgan fingerprint density at radius 1 is 1.70 bits per heavy atom. The van der Waals surface area contributed by atoms with Crippen LogP contribution in [0, 0.1) is 11.3 Å². The Bertz CT molecular complexity index is 109. The Labute approximate surface area is 67.0 Å². The highest BCUT2D eigenvalue weighted by molar-refractivity contribution is 7.99. The first-order valence-corrected chi connectivity index (χ1v) is 4.70. The zero-order valence-electron chi connectivity index (χ0n) is 6.55. The van der Waals surface area contributed by atoms with Gasteiger partial charge < -0.3 is 5.32 Å². The van der Waals surface area contributed by atoms with Crippen molar-refractivity contribution in [2.24, 2.45) is 0 Å². The molecule has 2 nitrogen and oxygen atoms in total. The van der Waals surface area contributed by atoms with Crippen LogP contribution in [0.15, 0.2) is 0 Å². The Hall–Kier alpha value is -0.200. The zero-order chi connectivity index (χ0) is 7.82. The lowest BCUT2D eigenvalue weighted by Gasteiger charge is -2.07. The molecule has 0 saturated heterocycles. The molecule has 0 saturated carbocycles. The van der Waals surface area contributed by atoms with Crippen LogP contribution >= 0.6 is 11.8 Å². The summed E-state index contributed by atoms with van der Waals surface area (Å²) in [7, 11) is 0. The van der Waals surface area contributed by atoms with E-state index in [0.29, 0.717) is 11.7 Å². The van der Waals surface area contributed by atoms with Gasteiger partial charge >= 0.3 is 0 Å². The first kappa shape index (κ1) is 9.80. The van der Waals surface area contributed by atoms with E-state index in [2.05, 4.69) is 24.6 Å². The number of nitriles is 1. The maximum Gasteiger partial charge on any atom is 0.0635 e. The second-order valence-corrected chi connectivity index (χ2v) is 3.43. The predicted molar refractivity (Wildman–Crippen MR) is 46.1 cm³/mol. The molecule has 0 aliphatic heterocycles. The van der Waals surface area contributed by atoms with E-state index in [0.717, 1.165) is 13.1 Å². The van der Waals surface area contributed by atoms with Crippen molar-refractivity contribution in [3.05, 3.63) is 0 Å². The molecule has 0 fully saturated rings. The highest BCUT2D eigenvalue weighted by Gasteiger charge is 1.95. The number of thioether (sulfide) groups is 1. The fourth-order valence-electron chi connectivity index (χ4n) is 0.533. The molecular weight excluding hydrogens is 144 g/mol. The second kappa shape index (κ2) is 6.91. The van der Waals surface area contributed by atoms with Crippen molar-refractivity contribution in [3.63, 3.8) is 0 Å². The van der Waals surface area contributed by atoms with Gasteiger partial charge in [0.2, 0.25) is 0 Å². The smallest absolute Gasteiger partial charge is 0.0635 e. The summed E-state index contributed by atoms with van der Waals surface area (Å²) in [5.41, 5.74) is 0. The average molecular weight is 158 g/mol. The first-order chi connectivity index (χ1) is 4.81. The van der Waals surface area contributed by atoms with Gasteiger partial charge in [-0.1, -0.05) is 6.92 Å². The van der Waals surface area contributed by atoms with Crippen molar-refractivity contribution in [2.75, 3.05) is 19.3 Å². The molecule has 3 heteroatoms. The molecule has 58 valence electrons. The molecule has 0 spiro atoms. The van der Waals surface area contributed by atoms with E-state index < -0.39 is 0 Å². The molecule has 0 radical (unpaired) electrons. The number of hydrogen-bond donors (Lipinski definition) is 1. The lowest BCUT2D eigenvalue weighted by atomic mass is 10.4. The third-order valence-electron chi connectivity index (χ3n) is 1.25. The Balaban J connectivity index is 2.98. The van der Waals surface area contributed by atoms with Gasteiger partial charge in [-0.15, -0.1) is 0 Å². The van der Waals surface area contributed by atoms with Gasteiger partial charge in [-0.05, 0) is 6.26 Å². The topological polar surface area (TPSA) is 35.8 Å². The van der Waals surface area contributed by atoms with Crippen LogP contribution < -0.4 is 5.32 Å². The zero-order valence-corrected chi connectivity index (χ0v) is 7.37. The summed E-state index contributed by atoms with van der Waals surface area (Å²) >= 11 is 1.84. The van der Waals surface area contributed by atoms with Crippen molar-refractivity contribution in [3.8, 4) is 6.07 Å². The van der Waals surface area contributed by atoms with E-state index >= 15 is 0 Å². The summed E-state index contributed by atoms with van der Waals surface area (Å²) in [6.45, 7) is 3.99. The normalized spacial score (nSPS) is 12.5. The summed E-state index contributed by atoms with van der Waals surface area (Å²) in [4.78, 5) is 0. The summed E-state index contributed by atoms with van der Waals surface area (Å²) in [5.74, 6) is 0. The highest BCUT2D eigenvalue weighted by Crippen LogP contribution is 2.01. The third-order valence-corrected chi connectivity index (χ3v) is 2.22. The van der Waals surface area contributed by atoms with Crippen LogP contribution in [0.1, 0.15) is 13.3 Å². The SMILES string of the molecule is CSC(C)CNCCC#N. The van der Waals surface area contributed by atoms with Crippen molar-refractivity contribution in [1.82, 2.24) is 5.32 Å². The molecule has 0 aromatic rings. The van der Waals surface area contributed by atoms with E-state index in [1.807, 2.05) is 11.8 Å². The summed E-state index contributed by atoms with van der Waals surface area (Å²) in [5, 5.41) is 12.0. The van der Waals surface area contributed by atoms with Crippen LogP contribution in [-0.2, 0) is 0 Å². The monoisotopic (exact) mass is 158 g/mol. The van der Waals surface area contributed by atoms with Gasteiger partial charge in [0.25, 0.3) is 0 Å². The fraction of sp³-hybridized carbons (Fsp3) is 0.857. The molecule has 0 heterocycles. The van der Waals surface area contributed by atoms with Crippen LogP contribution in [0.25, 0.3) is 0 Å². The van der Waals surface area contributed by atoms with Crippen LogP contribution in [0.4, 0.5) is 0 Å². The number of nitrogens with zero attached hydrogens (tertiary/aromatic N) is 1. The Kier molecular flexibility index (Phi) is 6.78. The van der Waals surface area contributed by atoms with Crippen molar-refractivity contribution in [2.45, 2.75) is 18.6 Å². The maximum atomic E-state index is 8.19. The first-order valence-electron chi connectivity index (χ1n) is 3.41. The number of rotatable bonds is 5. The Morgan fingerprint density at radius 2 is 2.40 bits per heavy atom. The molecule has 0 bridgehead atoms. The van der Waals surface area contributed by atoms with Gasteiger partial charge in [0.1, 0.15) is 0 Å². The number of hydrogen-bond acceptors (Lipinski definition) is 3. The largest absolute Gasteiger partial charge is 0.315 e. The minimum Gasteiger partial charge on any atom is -0.315 e. The minimum atomic E-state index is 0.612. The molecule has 10 heavy (non-hydrogen) atoms. The average Bonchev–Trinajstić information content (AvgIpc) is 1.98. The van der Waals surface area contributed by atoms with Crippen LogP contribution in [0.2, 0.25) is 0 Å². The van der Waals surface area contributed by atoms with Gasteiger partial charge in [-0.3, -0.25) is 0 Å². The van der Waals surface area contributed by atoms with Crippen LogP contribution in [0.3, 0.4) is 0 Å². The van der Waals surface area contributed by atoms with Gasteiger partial charge in [0.05, 0.1) is 6.07 Å². The maximum absolute atomic E-state index is 8.19. The van der Waals surface area contributed by atoms with Gasteiger partial charge in [0, 0.05) is 24.8 Å². The van der Waals surface area contributed by atoms with E-state index in [1.54, 1.807) is 0 Å². The quantitative estimate of drug-likeness (QED) is 0.611. The van der Waals surface area contributed by atoms with E-state index in [4.69, 9.17) is 5.26 Å². The van der Waals surface area contributed by atoms with E-state index in [-0.39, 0.29) is 0 Å². The summed E-state index contributed by atoms with van der Waals surface area (Å²) in [6.07, 6.45) is 2.71. The molecule has 0 aromatic heterocycles. The standard InChI is InChI=1S/C7H14N2S/c1-7(10-2)6-9-5-3-4-8/h7,9H,3,5-6H2,1-2H3. The molecule has 0 aliphatic rings. The molecule has 1 unspecified atom stereocenters. The van der Waals surface area contributed by atoms with Crippen molar-refractivity contribution >= 4 is 11.8 Å². The second-order valence-electron chi connectivity index (χ2n) is 2.16. The lowest BCUT2D eigenvalue weighted by molar-refractivity contribution is 0.690. The molecule has 1 atom stereocenters. The van der Waals surface area contributed by atoms with E-state index in [1.165, 1.54) is 0 Å². The van der Waals surface area contributed by atoms with Crippen LogP contribution in [-0.4, -0.2) is 24.6 Å². The minimum absolute atomic E-state index is 0.612. The van der Waals surface area contributed by atoms with Crippen molar-refractivity contribution in [1.29, 1.82) is 5.26 Å². The number of nitrogens with one attached hydrogen (secondary N) is 1. The summed E-state index contributed by atoms with van der Waals surface area (Å²) < 4.78 is 0. The molecule has 0 aromatic carbocycles. The highest BCUT2D eigenvalue weighted by atomic mass is 32.2. The predicted octanol–water partition coefficient (Wildman–Crippen LogP) is 1.24. The molecular formula is C7H14N2S. The van der Waals surface area contributed by atoms with Gasteiger partial charge in [-0.25, -0.2) is 0 Å². The Morgan fingerprint density at radius 3 is 2.90 bits per heavy atom. The van der Waals surface area contributed by atoms with Crippen molar-refractivity contribution < 1.29 is 0 Å². The fourth-order valence-corrected chi connectivity index (χ4v) is 0.817. The summed E-state index contributed by atoms with van der Waals surface area (Å²) in [6, 6.07) is 2.09. The van der Waals surface area contributed by atoms with E-state index in [9.17, 15) is 0 Å². The molecule has 0 aliphatic carbocycles. The molecule has 0 rings (SSSR count). The molecule has 1 N–H and O–H groups in total. The van der Waals surface area contributed by atoms with Gasteiger partial charge in [-0.2, -0.15) is 17.0 Å². The molecule has 0 amide bonds. The van der Waals surface area contributed by atoms with Gasteiger partial charge in [0.15, 0.2) is 0 Å². The lowest BCUT2D eigenvalue weighted by Crippen LogP contribution is -2.23. The van der Waals surface area contributed by atoms with Crippen LogP contribution in [0.5, 0.6) is 0 Å².